The number of aryl methyl sites for hydroxylation is 2. The molecule has 0 amide bonds. The fourth-order valence-electron chi connectivity index (χ4n) is 8.57. The minimum atomic E-state index is -0.932. The quantitative estimate of drug-likeness (QED) is 0.0507. The number of nitrogens with zero attached hydrogens (tertiary/aromatic N) is 1. The number of unbranched alkanes of at least 4 members (excludes halogenated alkanes) is 26. The normalized spacial score (nSPS) is 11.8. The highest BCUT2D eigenvalue weighted by atomic mass is 16.4. The molecule has 0 spiro atoms. The summed E-state index contributed by atoms with van der Waals surface area (Å²) in [6, 6.07) is 18.1. The van der Waals surface area contributed by atoms with Crippen LogP contribution in [0, 0.1) is 0 Å². The number of benzene rings is 2. The van der Waals surface area contributed by atoms with Gasteiger partial charge in [-0.05, 0) is 43.2 Å². The Morgan fingerprint density at radius 1 is 0.426 bits per heavy atom. The number of rotatable bonds is 38. The number of hydrogen-bond acceptors (Lipinski definition) is 2. The maximum absolute atomic E-state index is 11.4. The van der Waals surface area contributed by atoms with Crippen LogP contribution in [0.3, 0.4) is 0 Å². The molecule has 2 aromatic carbocycles. The number of quaternary nitrogens is 1. The van der Waals surface area contributed by atoms with Crippen LogP contribution in [0.15, 0.2) is 48.5 Å². The van der Waals surface area contributed by atoms with Gasteiger partial charge in [0.2, 0.25) is 0 Å². The molecule has 0 saturated carbocycles. The number of hydrogen-bond donors (Lipinski definition) is 0. The van der Waals surface area contributed by atoms with Crippen molar-refractivity contribution in [3.05, 3.63) is 70.8 Å². The van der Waals surface area contributed by atoms with Gasteiger partial charge in [-0.2, -0.15) is 0 Å². The van der Waals surface area contributed by atoms with E-state index in [-0.39, 0.29) is 6.42 Å². The van der Waals surface area contributed by atoms with Crippen LogP contribution < -0.4 is 5.11 Å². The lowest BCUT2D eigenvalue weighted by Gasteiger charge is -2.36. The van der Waals surface area contributed by atoms with Crippen molar-refractivity contribution in [3.63, 3.8) is 0 Å². The van der Waals surface area contributed by atoms with Gasteiger partial charge in [0.05, 0.1) is 13.6 Å². The zero-order valence-electron chi connectivity index (χ0n) is 36.1. The summed E-state index contributed by atoms with van der Waals surface area (Å²) in [5, 5.41) is 11.4. The summed E-state index contributed by atoms with van der Waals surface area (Å²) in [6.07, 6.45) is 42.0. The molecule has 0 fully saturated rings. The molecule has 2 aromatic rings. The highest BCUT2D eigenvalue weighted by Crippen LogP contribution is 2.25. The molecule has 0 aromatic heterocycles. The van der Waals surface area contributed by atoms with Gasteiger partial charge >= 0.3 is 0 Å². The molecule has 0 atom stereocenters. The Balaban J connectivity index is 1.78. The Morgan fingerprint density at radius 3 is 1.00 bits per heavy atom. The van der Waals surface area contributed by atoms with Gasteiger partial charge in [0.15, 0.2) is 0 Å². The molecule has 0 N–H and O–H groups in total. The summed E-state index contributed by atoms with van der Waals surface area (Å²) in [6.45, 7) is 7.31. The minimum Gasteiger partial charge on any atom is -0.550 e. The van der Waals surface area contributed by atoms with E-state index in [9.17, 15) is 9.90 Å². The van der Waals surface area contributed by atoms with Crippen LogP contribution in [0.4, 0.5) is 0 Å². The average Bonchev–Trinajstić information content (AvgIpc) is 3.16. The van der Waals surface area contributed by atoms with Crippen molar-refractivity contribution in [1.82, 2.24) is 0 Å². The van der Waals surface area contributed by atoms with Crippen molar-refractivity contribution in [1.29, 1.82) is 0 Å². The molecule has 0 aliphatic rings. The van der Waals surface area contributed by atoms with Gasteiger partial charge in [0.1, 0.15) is 13.1 Å². The molecule has 0 aliphatic carbocycles. The van der Waals surface area contributed by atoms with Gasteiger partial charge in [-0.1, -0.05) is 229 Å². The second kappa shape index (κ2) is 33.1. The van der Waals surface area contributed by atoms with E-state index in [0.717, 1.165) is 37.0 Å². The van der Waals surface area contributed by atoms with Crippen molar-refractivity contribution in [2.45, 2.75) is 232 Å². The fourth-order valence-corrected chi connectivity index (χ4v) is 8.57. The Hall–Kier alpha value is -2.13. The molecule has 3 nitrogen and oxygen atoms in total. The Bertz CT molecular complexity index is 1080. The van der Waals surface area contributed by atoms with Crippen LogP contribution in [0.1, 0.15) is 229 Å². The Morgan fingerprint density at radius 2 is 0.704 bits per heavy atom. The molecule has 0 radical (unpaired) electrons. The van der Waals surface area contributed by atoms with E-state index in [4.69, 9.17) is 0 Å². The second-order valence-corrected chi connectivity index (χ2v) is 17.4. The van der Waals surface area contributed by atoms with E-state index in [1.54, 1.807) is 0 Å². The summed E-state index contributed by atoms with van der Waals surface area (Å²) in [7, 11) is 2.35. The van der Waals surface area contributed by atoms with Crippen LogP contribution in [-0.4, -0.2) is 24.0 Å². The minimum absolute atomic E-state index is 0.134. The predicted molar refractivity (Wildman–Crippen MR) is 234 cm³/mol. The first-order chi connectivity index (χ1) is 26.5. The highest BCUT2D eigenvalue weighted by Gasteiger charge is 2.25. The highest BCUT2D eigenvalue weighted by molar-refractivity contribution is 5.64. The monoisotopic (exact) mass is 746 g/mol. The van der Waals surface area contributed by atoms with Crippen LogP contribution in [0.2, 0.25) is 0 Å². The van der Waals surface area contributed by atoms with Crippen molar-refractivity contribution in [2.75, 3.05) is 13.6 Å². The number of carboxylic acids is 1. The summed E-state index contributed by atoms with van der Waals surface area (Å²) in [5.74, 6) is -0.932. The summed E-state index contributed by atoms with van der Waals surface area (Å²) < 4.78 is 0.832. The maximum Gasteiger partial charge on any atom is 0.105 e. The SMILES string of the molecule is CCCCCCCCCCCCCCCCc1ccccc1C[N+](C)(CCCC(=O)[O-])Cc1ccccc1CCCCCCCCCCCCCCCC. The topological polar surface area (TPSA) is 40.1 Å². The maximum atomic E-state index is 11.4. The number of carbonyl (C=O) groups excluding carboxylic acids is 1. The molecule has 2 rings (SSSR count). The van der Waals surface area contributed by atoms with Gasteiger partial charge in [-0.15, -0.1) is 0 Å². The van der Waals surface area contributed by atoms with E-state index in [1.807, 2.05) is 0 Å². The van der Waals surface area contributed by atoms with Crippen molar-refractivity contribution >= 4 is 5.97 Å². The first-order valence-corrected chi connectivity index (χ1v) is 23.6. The summed E-state index contributed by atoms with van der Waals surface area (Å²) in [4.78, 5) is 11.4. The molecule has 0 saturated heterocycles. The van der Waals surface area contributed by atoms with E-state index >= 15 is 0 Å². The average molecular weight is 746 g/mol. The van der Waals surface area contributed by atoms with Crippen molar-refractivity contribution < 1.29 is 14.4 Å². The van der Waals surface area contributed by atoms with E-state index < -0.39 is 5.97 Å². The predicted octanol–water partition coefficient (Wildman–Crippen LogP) is 14.4. The first-order valence-electron chi connectivity index (χ1n) is 23.6. The molecule has 0 unspecified atom stereocenters. The van der Waals surface area contributed by atoms with E-state index in [1.165, 1.54) is 202 Å². The zero-order valence-corrected chi connectivity index (χ0v) is 36.1. The third-order valence-electron chi connectivity index (χ3n) is 12.0. The zero-order chi connectivity index (χ0) is 38.8. The lowest BCUT2D eigenvalue weighted by atomic mass is 9.97. The molecule has 308 valence electrons. The second-order valence-electron chi connectivity index (χ2n) is 17.4. The number of carboxylic acid groups (broad SMARTS) is 1. The van der Waals surface area contributed by atoms with E-state index in [0.29, 0.717) is 6.42 Å². The summed E-state index contributed by atoms with van der Waals surface area (Å²) >= 11 is 0. The number of aliphatic carboxylic acids is 1. The third kappa shape index (κ3) is 25.1. The standard InChI is InChI=1S/C51H87NO2/c1-4-6-8-10-12-14-16-18-20-22-24-26-28-30-37-47-39-32-34-41-49(47)45-52(3,44-36-43-51(53)54)46-50-42-35-33-40-48(50)38-31-29-27-25-23-21-19-17-15-13-11-9-7-5-2/h32-35,39-42H,4-31,36-38,43-46H2,1-3H3. The fraction of sp³-hybridized carbons (Fsp3) is 0.745. The molecule has 54 heavy (non-hydrogen) atoms. The third-order valence-corrected chi connectivity index (χ3v) is 12.0. The molecule has 0 aliphatic heterocycles. The Labute approximate surface area is 336 Å². The van der Waals surface area contributed by atoms with Crippen LogP contribution in [-0.2, 0) is 30.7 Å². The largest absolute Gasteiger partial charge is 0.550 e. The first kappa shape index (κ1) is 48.0. The van der Waals surface area contributed by atoms with Gasteiger partial charge < -0.3 is 14.4 Å². The van der Waals surface area contributed by atoms with E-state index in [2.05, 4.69) is 69.4 Å². The van der Waals surface area contributed by atoms with Crippen LogP contribution >= 0.6 is 0 Å². The smallest absolute Gasteiger partial charge is 0.105 e. The lowest BCUT2D eigenvalue weighted by molar-refractivity contribution is -0.935. The van der Waals surface area contributed by atoms with Gasteiger partial charge in [0, 0.05) is 23.5 Å². The molecule has 0 heterocycles. The molecule has 3 heteroatoms. The Kier molecular flexibility index (Phi) is 29.4. The molecular formula is C51H87NO2. The summed E-state index contributed by atoms with van der Waals surface area (Å²) in [5.41, 5.74) is 5.84. The van der Waals surface area contributed by atoms with Crippen molar-refractivity contribution in [3.8, 4) is 0 Å². The molecular weight excluding hydrogens is 659 g/mol. The van der Waals surface area contributed by atoms with Crippen LogP contribution in [0.5, 0.6) is 0 Å². The van der Waals surface area contributed by atoms with Crippen molar-refractivity contribution in [2.24, 2.45) is 0 Å². The molecule has 0 bridgehead atoms. The van der Waals surface area contributed by atoms with Crippen LogP contribution in [0.25, 0.3) is 0 Å². The number of carbonyl (C=O) groups is 1. The van der Waals surface area contributed by atoms with Gasteiger partial charge in [0.25, 0.3) is 0 Å². The lowest BCUT2D eigenvalue weighted by Crippen LogP contribution is -2.44. The van der Waals surface area contributed by atoms with Gasteiger partial charge in [-0.3, -0.25) is 0 Å². The van der Waals surface area contributed by atoms with Gasteiger partial charge in [-0.25, -0.2) is 0 Å².